The molecule has 4 amide bonds. The van der Waals surface area contributed by atoms with Gasteiger partial charge in [0.1, 0.15) is 12.1 Å². The van der Waals surface area contributed by atoms with E-state index in [4.69, 9.17) is 11.6 Å². The average molecular weight is 398 g/mol. The number of rotatable bonds is 4. The van der Waals surface area contributed by atoms with E-state index in [1.54, 1.807) is 12.1 Å². The summed E-state index contributed by atoms with van der Waals surface area (Å²) in [6.45, 7) is -0.00417. The quantitative estimate of drug-likeness (QED) is 0.778. The molecule has 4 rings (SSSR count). The zero-order chi connectivity index (χ0) is 19.7. The number of aryl methyl sites for hydroxylation is 1. The number of nitrogens with zero attached hydrogens (tertiary/aromatic N) is 1. The number of carbonyl (C=O) groups excluding carboxylic acids is 3. The molecular formula is C21H20ClN3O3. The molecule has 0 radical (unpaired) electrons. The molecule has 2 aromatic rings. The van der Waals surface area contributed by atoms with Crippen LogP contribution in [-0.2, 0) is 28.1 Å². The Morgan fingerprint density at radius 1 is 1.14 bits per heavy atom. The Bertz CT molecular complexity index is 944. The summed E-state index contributed by atoms with van der Waals surface area (Å²) < 4.78 is 0. The monoisotopic (exact) mass is 397 g/mol. The highest BCUT2D eigenvalue weighted by molar-refractivity contribution is 6.30. The second kappa shape index (κ2) is 7.28. The van der Waals surface area contributed by atoms with E-state index < -0.39 is 11.6 Å². The highest BCUT2D eigenvalue weighted by Gasteiger charge is 2.54. The van der Waals surface area contributed by atoms with E-state index in [1.165, 1.54) is 0 Å². The van der Waals surface area contributed by atoms with Gasteiger partial charge >= 0.3 is 6.03 Å². The van der Waals surface area contributed by atoms with Crippen LogP contribution in [0.5, 0.6) is 0 Å². The van der Waals surface area contributed by atoms with Crippen molar-refractivity contribution in [3.8, 4) is 0 Å². The number of amides is 4. The molecular weight excluding hydrogens is 378 g/mol. The summed E-state index contributed by atoms with van der Waals surface area (Å²) in [5.74, 6) is -0.745. The lowest BCUT2D eigenvalue weighted by Gasteiger charge is -2.33. The van der Waals surface area contributed by atoms with Crippen LogP contribution in [0.15, 0.2) is 48.5 Å². The molecule has 2 aliphatic rings. The van der Waals surface area contributed by atoms with E-state index in [0.29, 0.717) is 18.0 Å². The number of benzene rings is 2. The van der Waals surface area contributed by atoms with Crippen LogP contribution in [0.3, 0.4) is 0 Å². The third-order valence-corrected chi connectivity index (χ3v) is 5.61. The SMILES string of the molecule is O=C(CN1C(=O)N[C@]2(CCCc3ccccc32)C1=O)NCc1ccc(Cl)cc1. The van der Waals surface area contributed by atoms with Crippen LogP contribution in [0.1, 0.15) is 29.5 Å². The maximum atomic E-state index is 13.2. The summed E-state index contributed by atoms with van der Waals surface area (Å²) in [4.78, 5) is 39.0. The van der Waals surface area contributed by atoms with E-state index in [2.05, 4.69) is 10.6 Å². The molecule has 1 saturated heterocycles. The lowest BCUT2D eigenvalue weighted by atomic mass is 9.76. The fourth-order valence-electron chi connectivity index (χ4n) is 3.96. The van der Waals surface area contributed by atoms with E-state index >= 15 is 0 Å². The van der Waals surface area contributed by atoms with E-state index in [1.807, 2.05) is 36.4 Å². The first-order chi connectivity index (χ1) is 13.5. The van der Waals surface area contributed by atoms with Gasteiger partial charge in [-0.15, -0.1) is 0 Å². The number of imide groups is 1. The first-order valence-corrected chi connectivity index (χ1v) is 9.61. The largest absolute Gasteiger partial charge is 0.350 e. The van der Waals surface area contributed by atoms with E-state index in [-0.39, 0.29) is 18.4 Å². The van der Waals surface area contributed by atoms with Crippen LogP contribution in [0, 0.1) is 0 Å². The molecule has 1 fully saturated rings. The Morgan fingerprint density at radius 3 is 2.68 bits per heavy atom. The van der Waals surface area contributed by atoms with Gasteiger partial charge in [0, 0.05) is 11.6 Å². The average Bonchev–Trinajstić information content (AvgIpc) is 2.93. The standard InChI is InChI=1S/C21H20ClN3O3/c22-16-9-7-14(8-10-16)12-23-18(26)13-25-19(27)21(24-20(25)28)11-3-5-15-4-1-2-6-17(15)21/h1-2,4,6-10H,3,5,11-13H2,(H,23,26)(H,24,28)/t21-/m0/s1. The number of carbonyl (C=O) groups is 3. The Hall–Kier alpha value is -2.86. The predicted molar refractivity (Wildman–Crippen MR) is 105 cm³/mol. The van der Waals surface area contributed by atoms with Crippen molar-refractivity contribution in [1.29, 1.82) is 0 Å². The normalized spacial score (nSPS) is 20.8. The number of hydrogen-bond donors (Lipinski definition) is 2. The number of nitrogens with one attached hydrogen (secondary N) is 2. The maximum Gasteiger partial charge on any atom is 0.325 e. The number of urea groups is 1. The van der Waals surface area contributed by atoms with Crippen LogP contribution in [0.2, 0.25) is 5.02 Å². The summed E-state index contributed by atoms with van der Waals surface area (Å²) in [6, 6.07) is 14.2. The minimum absolute atomic E-state index is 0.299. The van der Waals surface area contributed by atoms with Gasteiger partial charge in [-0.2, -0.15) is 0 Å². The molecule has 1 atom stereocenters. The number of halogens is 1. The molecule has 0 aromatic heterocycles. The second-order valence-corrected chi connectivity index (χ2v) is 7.58. The molecule has 1 heterocycles. The first-order valence-electron chi connectivity index (χ1n) is 9.23. The topological polar surface area (TPSA) is 78.5 Å². The van der Waals surface area contributed by atoms with Crippen LogP contribution >= 0.6 is 11.6 Å². The van der Waals surface area contributed by atoms with Gasteiger partial charge in [-0.3, -0.25) is 14.5 Å². The highest BCUT2D eigenvalue weighted by atomic mass is 35.5. The molecule has 1 spiro atoms. The smallest absolute Gasteiger partial charge is 0.325 e. The minimum atomic E-state index is -1.05. The Morgan fingerprint density at radius 2 is 1.89 bits per heavy atom. The van der Waals surface area contributed by atoms with Gasteiger partial charge in [-0.05, 0) is 48.1 Å². The summed E-state index contributed by atoms with van der Waals surface area (Å²) in [7, 11) is 0. The highest BCUT2D eigenvalue weighted by Crippen LogP contribution is 2.39. The van der Waals surface area contributed by atoms with Crippen molar-refractivity contribution >= 4 is 29.4 Å². The molecule has 1 aliphatic heterocycles. The van der Waals surface area contributed by atoms with Gasteiger partial charge in [0.25, 0.3) is 5.91 Å². The zero-order valence-electron chi connectivity index (χ0n) is 15.2. The summed E-state index contributed by atoms with van der Waals surface area (Å²) in [5, 5.41) is 6.21. The van der Waals surface area contributed by atoms with Gasteiger partial charge in [0.15, 0.2) is 0 Å². The van der Waals surface area contributed by atoms with Gasteiger partial charge in [-0.25, -0.2) is 4.79 Å². The second-order valence-electron chi connectivity index (χ2n) is 7.14. The van der Waals surface area contributed by atoms with Crippen molar-refractivity contribution in [1.82, 2.24) is 15.5 Å². The molecule has 1 aliphatic carbocycles. The lowest BCUT2D eigenvalue weighted by molar-refractivity contribution is -0.135. The third kappa shape index (κ3) is 3.24. The van der Waals surface area contributed by atoms with Crippen LogP contribution in [-0.4, -0.2) is 29.3 Å². The fraction of sp³-hybridized carbons (Fsp3) is 0.286. The Labute approximate surface area is 167 Å². The van der Waals surface area contributed by atoms with Gasteiger partial charge in [0.05, 0.1) is 0 Å². The molecule has 144 valence electrons. The molecule has 6 nitrogen and oxygen atoms in total. The summed E-state index contributed by atoms with van der Waals surface area (Å²) in [6.07, 6.45) is 2.22. The molecule has 0 bridgehead atoms. The maximum absolute atomic E-state index is 13.2. The van der Waals surface area contributed by atoms with Crippen LogP contribution in [0.4, 0.5) is 4.79 Å². The van der Waals surface area contributed by atoms with Gasteiger partial charge < -0.3 is 10.6 Å². The summed E-state index contributed by atoms with van der Waals surface area (Å²) in [5.41, 5.74) is 1.73. The summed E-state index contributed by atoms with van der Waals surface area (Å²) >= 11 is 5.85. The van der Waals surface area contributed by atoms with Crippen molar-refractivity contribution in [2.45, 2.75) is 31.3 Å². The van der Waals surface area contributed by atoms with Crippen LogP contribution < -0.4 is 10.6 Å². The van der Waals surface area contributed by atoms with Crippen molar-refractivity contribution < 1.29 is 14.4 Å². The Kier molecular flexibility index (Phi) is 4.81. The predicted octanol–water partition coefficient (Wildman–Crippen LogP) is 2.74. The molecule has 0 unspecified atom stereocenters. The number of fused-ring (bicyclic) bond motifs is 2. The molecule has 7 heteroatoms. The van der Waals surface area contributed by atoms with Crippen molar-refractivity contribution in [2.75, 3.05) is 6.54 Å². The zero-order valence-corrected chi connectivity index (χ0v) is 16.0. The van der Waals surface area contributed by atoms with E-state index in [9.17, 15) is 14.4 Å². The van der Waals surface area contributed by atoms with E-state index in [0.717, 1.165) is 34.4 Å². The van der Waals surface area contributed by atoms with Gasteiger partial charge in [-0.1, -0.05) is 48.0 Å². The molecule has 28 heavy (non-hydrogen) atoms. The number of hydrogen-bond acceptors (Lipinski definition) is 3. The van der Waals surface area contributed by atoms with Crippen molar-refractivity contribution in [2.24, 2.45) is 0 Å². The van der Waals surface area contributed by atoms with Gasteiger partial charge in [0.2, 0.25) is 5.91 Å². The lowest BCUT2D eigenvalue weighted by Crippen LogP contribution is -2.47. The fourth-order valence-corrected chi connectivity index (χ4v) is 4.08. The molecule has 0 saturated carbocycles. The van der Waals surface area contributed by atoms with Crippen LogP contribution in [0.25, 0.3) is 0 Å². The molecule has 2 aromatic carbocycles. The van der Waals surface area contributed by atoms with Crippen molar-refractivity contribution in [3.63, 3.8) is 0 Å². The van der Waals surface area contributed by atoms with Crippen molar-refractivity contribution in [3.05, 3.63) is 70.2 Å². The molecule has 2 N–H and O–H groups in total. The first kappa shape index (κ1) is 18.5. The third-order valence-electron chi connectivity index (χ3n) is 5.36. The Balaban J connectivity index is 1.46. The minimum Gasteiger partial charge on any atom is -0.350 e.